The molecule has 51 heteroatoms. The summed E-state index contributed by atoms with van der Waals surface area (Å²) in [5.41, 5.74) is 5.64. The van der Waals surface area contributed by atoms with E-state index in [1.165, 1.54) is 0 Å². The zero-order chi connectivity index (χ0) is 73.6. The van der Waals surface area contributed by atoms with Crippen molar-refractivity contribution in [1.29, 1.82) is 0 Å². The normalized spacial score (nSPS) is 15.1. The minimum Gasteiger partial charge on any atom is -0.396 e. The van der Waals surface area contributed by atoms with Crippen LogP contribution in [0.15, 0.2) is 168 Å². The van der Waals surface area contributed by atoms with Crippen molar-refractivity contribution in [2.24, 2.45) is 30.7 Å². The second kappa shape index (κ2) is 29.2. The third kappa shape index (κ3) is 18.9. The molecule has 0 aromatic heterocycles. The number of Topliss-reactive ketones (excluding diaryl/α,β-unsaturated/α-hetero) is 2. The number of azo groups is 2. The van der Waals surface area contributed by atoms with Crippen LogP contribution >= 0.6 is 0 Å². The molecule has 0 aliphatic heterocycles. The average Bonchev–Trinajstić information content (AvgIpc) is 0.745. The van der Waals surface area contributed by atoms with Gasteiger partial charge in [0.05, 0.1) is 79.8 Å². The van der Waals surface area contributed by atoms with Crippen molar-refractivity contribution >= 4 is 183 Å². The Labute approximate surface area is 586 Å². The maximum absolute atomic E-state index is 14.2. The van der Waals surface area contributed by atoms with Gasteiger partial charge in [0.2, 0.25) is 11.6 Å². The van der Waals surface area contributed by atoms with Crippen LogP contribution in [0.2, 0.25) is 0 Å². The van der Waals surface area contributed by atoms with Gasteiger partial charge in [0.15, 0.2) is 31.1 Å². The number of ketones is 2. The molecule has 100 heavy (non-hydrogen) atoms. The minimum absolute atomic E-state index is 0. The van der Waals surface area contributed by atoms with Gasteiger partial charge in [-0.3, -0.25) is 57.1 Å². The first kappa shape index (κ1) is 78.9. The summed E-state index contributed by atoms with van der Waals surface area (Å²) in [5.74, 6) is -5.89. The Morgan fingerprint density at radius 1 is 0.440 bits per heavy atom. The van der Waals surface area contributed by atoms with E-state index in [1.54, 1.807) is 0 Å². The molecule has 0 unspecified atom stereocenters. The van der Waals surface area contributed by atoms with E-state index in [-0.39, 0.29) is 57.9 Å². The Balaban J connectivity index is 0.0000140. The fourth-order valence-corrected chi connectivity index (χ4v) is 14.9. The summed E-state index contributed by atoms with van der Waals surface area (Å²) in [7, 11) is -45.7. The Morgan fingerprint density at radius 2 is 0.810 bits per heavy atom. The Hall–Kier alpha value is -8.46. The van der Waals surface area contributed by atoms with Gasteiger partial charge in [-0.25, -0.2) is 25.2 Å². The van der Waals surface area contributed by atoms with E-state index in [2.05, 4.69) is 49.8 Å². The number of amides is 1. The summed E-state index contributed by atoms with van der Waals surface area (Å²) in [5, 5.41) is 24.7. The number of sulfone groups is 2. The van der Waals surface area contributed by atoms with E-state index in [1.807, 2.05) is 5.43 Å². The van der Waals surface area contributed by atoms with Crippen molar-refractivity contribution in [1.82, 2.24) is 0 Å². The predicted molar refractivity (Wildman–Crippen MR) is 342 cm³/mol. The number of carbonyl (C=O) groups is 3. The van der Waals surface area contributed by atoms with Gasteiger partial charge in [-0.15, -0.1) is 10.2 Å². The molecule has 14 N–H and O–H groups in total. The molecule has 0 radical (unpaired) electrons. The maximum Gasteiger partial charge on any atom is 1.00 e. The van der Waals surface area contributed by atoms with Gasteiger partial charge in [-0.1, -0.05) is 0 Å². The summed E-state index contributed by atoms with van der Waals surface area (Å²) in [6.45, 7) is -1.95. The molecule has 2 aliphatic rings. The van der Waals surface area contributed by atoms with E-state index in [0.717, 1.165) is 84.9 Å². The van der Waals surface area contributed by atoms with Gasteiger partial charge in [0, 0.05) is 11.3 Å². The van der Waals surface area contributed by atoms with Crippen LogP contribution in [-0.2, 0) is 99.4 Å². The average molecular weight is 1580 g/mol. The number of nitrogens with two attached hydrogens (primary N) is 2. The molecule has 0 heterocycles. The topological polar surface area (TPSA) is 681 Å². The molecule has 0 saturated carbocycles. The van der Waals surface area contributed by atoms with Crippen molar-refractivity contribution in [3.63, 3.8) is 0 Å². The number of allylic oxidation sites excluding steroid dienone is 2. The van der Waals surface area contributed by atoms with Crippen LogP contribution in [0.4, 0.5) is 51.2 Å². The number of hydrazone groups is 2. The number of nitrogens with one attached hydrogen (secondary N) is 3. The van der Waals surface area contributed by atoms with Gasteiger partial charge >= 0.3 is 50.4 Å². The molecule has 0 saturated heterocycles. The van der Waals surface area contributed by atoms with E-state index in [0.29, 0.717) is 30.4 Å². The molecule has 6 aromatic carbocycles. The summed E-state index contributed by atoms with van der Waals surface area (Å²) in [4.78, 5) is 35.0. The molecule has 6 aromatic rings. The van der Waals surface area contributed by atoms with Crippen molar-refractivity contribution in [3.8, 4) is 0 Å². The summed E-state index contributed by atoms with van der Waals surface area (Å²) < 4.78 is 297. The molecule has 0 bridgehead atoms. The van der Waals surface area contributed by atoms with Crippen LogP contribution in [-0.4, -0.2) is 161 Å². The summed E-state index contributed by atoms with van der Waals surface area (Å²) in [6, 6.07) is 15.5. The standard InChI is InChI=1S/C49H41N11O30S9.Na/c50-41-39-25(19-35(94(71,72)73)43(41)57-53-28-5-10-31(11-6-28)91(64,65)17-15-89-98(83,84)85)21-37(96(77,78)79)45(47(39)61)59-55-27-3-1-24(2-4-27)49(63)52-30-9-14-34(93(68,69)70)33(23-30)56-60-46-38(97(80,81)82)22-26-20-36(95(74,75)76)44(42(51)40(26)48(46)62)58-54-29-7-12-32(13-8-29)92(66,67)18-16-90-99(86,87)88;/h1-14,19-23,55-56H,15-18,50-51H2,(H,52,63)(H,68,69,70)(H,71,72,73)(H,74,75,76)(H,77,78,79)(H,80,81,82)(H,83,84,85)(H,86,87,88);/q;+1/b57-53?,58-54?,59-45+,60-46+;. The minimum atomic E-state index is -5.61. The number of rotatable bonds is 25. The number of nitrogen functional groups attached to an aromatic ring is 2. The fraction of sp³-hybridized carbons (Fsp3) is 0.0816. The zero-order valence-electron chi connectivity index (χ0n) is 49.3. The van der Waals surface area contributed by atoms with E-state index in [9.17, 15) is 113 Å². The van der Waals surface area contributed by atoms with Crippen molar-refractivity contribution < 1.29 is 160 Å². The number of nitrogens with zero attached hydrogens (tertiary/aromatic N) is 6. The van der Waals surface area contributed by atoms with Crippen LogP contribution in [0, 0.1) is 0 Å². The molecule has 2 aliphatic carbocycles. The van der Waals surface area contributed by atoms with E-state index in [4.69, 9.17) is 20.6 Å². The number of benzene rings is 6. The first-order valence-electron chi connectivity index (χ1n) is 25.8. The van der Waals surface area contributed by atoms with Crippen LogP contribution < -0.4 is 57.2 Å². The van der Waals surface area contributed by atoms with Gasteiger partial charge in [-0.05, 0) is 126 Å². The first-order valence-corrected chi connectivity index (χ1v) is 39.1. The Bertz CT molecular complexity index is 5760. The largest absolute Gasteiger partial charge is 1.00 e. The summed E-state index contributed by atoms with van der Waals surface area (Å²) in [6.07, 6.45) is 0.997. The van der Waals surface area contributed by atoms with Crippen molar-refractivity contribution in [2.45, 2.75) is 24.5 Å². The van der Waals surface area contributed by atoms with Gasteiger partial charge in [0.1, 0.15) is 35.9 Å². The number of hydrogen-bond acceptors (Lipinski definition) is 33. The molecular weight excluding hydrogens is 1530 g/mol. The van der Waals surface area contributed by atoms with Gasteiger partial charge in [0.25, 0.3) is 56.5 Å². The SMILES string of the molecule is Nc1c(N=Nc2ccc(S(=O)(=O)CCOS(=O)(=O)O)cc2)c(S(=O)(=O)O)cc2c1C(=O)/C(=N/Nc1ccc(C(=O)Nc3ccc(S(=O)(=O)O)c(N/N=C4/C(=O)c5c(cc(S(=O)(=O)O)c(N=Nc6ccc(S(=O)(=O)CCOS(=O)(=O)O)cc6)c5N)C=C4S(=O)(=O)O)c3)cc1)C(S(=O)(=O)O)=C2.[Na+]. The van der Waals surface area contributed by atoms with Crippen LogP contribution in [0.1, 0.15) is 42.2 Å². The maximum atomic E-state index is 14.2. The van der Waals surface area contributed by atoms with Crippen LogP contribution in [0.3, 0.4) is 0 Å². The zero-order valence-corrected chi connectivity index (χ0v) is 58.7. The van der Waals surface area contributed by atoms with Crippen LogP contribution in [0.25, 0.3) is 12.2 Å². The molecule has 0 atom stereocenters. The van der Waals surface area contributed by atoms with Crippen LogP contribution in [0.5, 0.6) is 0 Å². The molecular formula is C49H41N11NaO30S9+. The number of anilines is 5. The van der Waals surface area contributed by atoms with Crippen molar-refractivity contribution in [2.75, 3.05) is 52.4 Å². The fourth-order valence-electron chi connectivity index (χ4n) is 8.64. The molecule has 8 rings (SSSR count). The Morgan fingerprint density at radius 3 is 1.17 bits per heavy atom. The smallest absolute Gasteiger partial charge is 0.396 e. The second-order valence-electron chi connectivity index (χ2n) is 19.7. The molecule has 0 fully saturated rings. The third-order valence-corrected chi connectivity index (χ3v) is 21.7. The quantitative estimate of drug-likeness (QED) is 0.0123. The monoisotopic (exact) mass is 1570 g/mol. The number of fused-ring (bicyclic) bond motifs is 2. The Kier molecular flexibility index (Phi) is 23.1. The van der Waals surface area contributed by atoms with Gasteiger partial charge < -0.3 is 16.8 Å². The second-order valence-corrected chi connectivity index (χ2v) is 33.0. The predicted octanol–water partition coefficient (Wildman–Crippen LogP) is 0.651. The first-order chi connectivity index (χ1) is 45.5. The molecule has 1 amide bonds. The molecule has 41 nitrogen and oxygen atoms in total. The molecule has 526 valence electrons. The summed E-state index contributed by atoms with van der Waals surface area (Å²) >= 11 is 0. The van der Waals surface area contributed by atoms with E-state index >= 15 is 0 Å². The van der Waals surface area contributed by atoms with E-state index < -0.39 is 230 Å². The third-order valence-electron chi connectivity index (χ3n) is 13.0. The molecule has 0 spiro atoms. The number of carbonyl (C=O) groups excluding carboxylic acids is 3. The van der Waals surface area contributed by atoms with Crippen molar-refractivity contribution in [3.05, 3.63) is 141 Å². The van der Waals surface area contributed by atoms with Gasteiger partial charge in [-0.2, -0.15) is 79.4 Å². The number of hydrogen-bond donors (Lipinski definition) is 12.